The highest BCUT2D eigenvalue weighted by atomic mass is 16.6. The van der Waals surface area contributed by atoms with Gasteiger partial charge in [0.15, 0.2) is 0 Å². The molecule has 0 aromatic heterocycles. The lowest BCUT2D eigenvalue weighted by molar-refractivity contribution is -0.385. The predicted molar refractivity (Wildman–Crippen MR) is 69.8 cm³/mol. The quantitative estimate of drug-likeness (QED) is 0.627. The molecule has 0 saturated carbocycles. The number of hydrogen-bond donors (Lipinski definition) is 2. The van der Waals surface area contributed by atoms with Crippen molar-refractivity contribution in [1.82, 2.24) is 5.32 Å². The van der Waals surface area contributed by atoms with Gasteiger partial charge in [-0.15, -0.1) is 0 Å². The van der Waals surface area contributed by atoms with Crippen LogP contribution in [-0.4, -0.2) is 42.2 Å². The number of carboxylic acid groups (broad SMARTS) is 1. The van der Waals surface area contributed by atoms with E-state index in [2.05, 4.69) is 5.32 Å². The van der Waals surface area contributed by atoms with Gasteiger partial charge in [0.05, 0.1) is 4.92 Å². The van der Waals surface area contributed by atoms with E-state index in [4.69, 9.17) is 5.11 Å². The third-order valence-electron chi connectivity index (χ3n) is 3.11. The van der Waals surface area contributed by atoms with Gasteiger partial charge in [-0.3, -0.25) is 10.1 Å². The summed E-state index contributed by atoms with van der Waals surface area (Å²) in [5.41, 5.74) is 0.0595. The van der Waals surface area contributed by atoms with Crippen LogP contribution in [0.5, 0.6) is 0 Å². The molecule has 1 saturated heterocycles. The van der Waals surface area contributed by atoms with Crippen LogP contribution in [0.2, 0.25) is 0 Å². The smallest absolute Gasteiger partial charge is 0.342 e. The molecular formula is C12H15N3O4. The number of carboxylic acids is 1. The largest absolute Gasteiger partial charge is 0.477 e. The summed E-state index contributed by atoms with van der Waals surface area (Å²) in [4.78, 5) is 23.3. The summed E-state index contributed by atoms with van der Waals surface area (Å²) in [6, 6.07) is 4.27. The van der Waals surface area contributed by atoms with Gasteiger partial charge in [0.25, 0.3) is 5.69 Å². The van der Waals surface area contributed by atoms with Crippen LogP contribution in [-0.2, 0) is 0 Å². The Labute approximate surface area is 110 Å². The summed E-state index contributed by atoms with van der Waals surface area (Å²) in [6.07, 6.45) is 0.953. The SMILES string of the molecule is O=C(O)c1ccc(N2CCCNCC2)cc1[N+](=O)[O-]. The highest BCUT2D eigenvalue weighted by Gasteiger charge is 2.21. The third kappa shape index (κ3) is 3.00. The average Bonchev–Trinajstić information content (AvgIpc) is 2.66. The fraction of sp³-hybridized carbons (Fsp3) is 0.417. The van der Waals surface area contributed by atoms with Crippen LogP contribution >= 0.6 is 0 Å². The number of anilines is 1. The molecular weight excluding hydrogens is 250 g/mol. The van der Waals surface area contributed by atoms with Crippen molar-refractivity contribution in [2.24, 2.45) is 0 Å². The van der Waals surface area contributed by atoms with Gasteiger partial charge in [0.2, 0.25) is 0 Å². The molecule has 0 unspecified atom stereocenters. The van der Waals surface area contributed by atoms with Gasteiger partial charge in [-0.05, 0) is 25.1 Å². The summed E-state index contributed by atoms with van der Waals surface area (Å²) >= 11 is 0. The Hall–Kier alpha value is -2.15. The van der Waals surface area contributed by atoms with E-state index in [-0.39, 0.29) is 11.3 Å². The minimum atomic E-state index is -1.28. The van der Waals surface area contributed by atoms with Gasteiger partial charge in [0, 0.05) is 31.4 Å². The Balaban J connectivity index is 2.34. The number of nitrogens with zero attached hydrogens (tertiary/aromatic N) is 2. The highest BCUT2D eigenvalue weighted by molar-refractivity contribution is 5.93. The van der Waals surface area contributed by atoms with Gasteiger partial charge in [-0.2, -0.15) is 0 Å². The molecule has 1 aromatic rings. The van der Waals surface area contributed by atoms with Crippen LogP contribution in [0.4, 0.5) is 11.4 Å². The van der Waals surface area contributed by atoms with Crippen LogP contribution in [0.25, 0.3) is 0 Å². The van der Waals surface area contributed by atoms with Crippen LogP contribution in [0.1, 0.15) is 16.8 Å². The van der Waals surface area contributed by atoms with Crippen LogP contribution in [0.3, 0.4) is 0 Å². The fourth-order valence-electron chi connectivity index (χ4n) is 2.15. The number of nitro groups is 1. The molecule has 1 aromatic carbocycles. The van der Waals surface area contributed by atoms with Crippen molar-refractivity contribution in [1.29, 1.82) is 0 Å². The summed E-state index contributed by atoms with van der Waals surface area (Å²) < 4.78 is 0. The van der Waals surface area contributed by atoms with E-state index < -0.39 is 10.9 Å². The predicted octanol–water partition coefficient (Wildman–Crippen LogP) is 1.09. The number of nitrogens with one attached hydrogen (secondary N) is 1. The second-order valence-electron chi connectivity index (χ2n) is 4.35. The molecule has 1 fully saturated rings. The Bertz CT molecular complexity index is 496. The third-order valence-corrected chi connectivity index (χ3v) is 3.11. The molecule has 2 N–H and O–H groups in total. The van der Waals surface area contributed by atoms with E-state index in [1.165, 1.54) is 12.1 Å². The zero-order valence-electron chi connectivity index (χ0n) is 10.3. The molecule has 7 heteroatoms. The second kappa shape index (κ2) is 5.66. The summed E-state index contributed by atoms with van der Waals surface area (Å²) in [6.45, 7) is 3.29. The lowest BCUT2D eigenvalue weighted by Gasteiger charge is -2.22. The highest BCUT2D eigenvalue weighted by Crippen LogP contribution is 2.26. The molecule has 0 atom stereocenters. The Kier molecular flexibility index (Phi) is 3.96. The van der Waals surface area contributed by atoms with Gasteiger partial charge in [-0.1, -0.05) is 0 Å². The van der Waals surface area contributed by atoms with Gasteiger partial charge in [-0.25, -0.2) is 4.79 Å². The van der Waals surface area contributed by atoms with Crippen LogP contribution < -0.4 is 10.2 Å². The maximum Gasteiger partial charge on any atom is 0.342 e. The standard InChI is InChI=1S/C12H15N3O4/c16-12(17)10-3-2-9(8-11(10)15(18)19)14-6-1-4-13-5-7-14/h2-3,8,13H,1,4-7H2,(H,16,17). The van der Waals surface area contributed by atoms with Crippen LogP contribution in [0.15, 0.2) is 18.2 Å². The molecule has 19 heavy (non-hydrogen) atoms. The molecule has 0 amide bonds. The van der Waals surface area contributed by atoms with Crippen molar-refractivity contribution in [3.8, 4) is 0 Å². The van der Waals surface area contributed by atoms with Crippen molar-refractivity contribution < 1.29 is 14.8 Å². The minimum Gasteiger partial charge on any atom is -0.477 e. The first-order chi connectivity index (χ1) is 9.09. The lowest BCUT2D eigenvalue weighted by Crippen LogP contribution is -2.27. The normalized spacial score (nSPS) is 15.9. The van der Waals surface area contributed by atoms with Gasteiger partial charge < -0.3 is 15.3 Å². The van der Waals surface area contributed by atoms with E-state index in [9.17, 15) is 14.9 Å². The van der Waals surface area contributed by atoms with Gasteiger partial charge in [0.1, 0.15) is 5.56 Å². The monoisotopic (exact) mass is 265 g/mol. The zero-order valence-corrected chi connectivity index (χ0v) is 10.3. The first-order valence-corrected chi connectivity index (χ1v) is 6.07. The van der Waals surface area contributed by atoms with Crippen molar-refractivity contribution in [2.75, 3.05) is 31.1 Å². The van der Waals surface area contributed by atoms with E-state index in [0.717, 1.165) is 32.6 Å². The Morgan fingerprint density at radius 3 is 2.84 bits per heavy atom. The number of carbonyl (C=O) groups is 1. The molecule has 1 aliphatic rings. The zero-order chi connectivity index (χ0) is 13.8. The maximum atomic E-state index is 10.9. The number of rotatable bonds is 3. The summed E-state index contributed by atoms with van der Waals surface area (Å²) in [7, 11) is 0. The van der Waals surface area contributed by atoms with Crippen LogP contribution in [0, 0.1) is 10.1 Å². The van der Waals surface area contributed by atoms with Crippen molar-refractivity contribution in [3.63, 3.8) is 0 Å². The van der Waals surface area contributed by atoms with Crippen molar-refractivity contribution in [3.05, 3.63) is 33.9 Å². The van der Waals surface area contributed by atoms with Crippen molar-refractivity contribution >= 4 is 17.3 Å². The minimum absolute atomic E-state index is 0.276. The number of aromatic carboxylic acids is 1. The fourth-order valence-corrected chi connectivity index (χ4v) is 2.15. The Morgan fingerprint density at radius 1 is 1.37 bits per heavy atom. The molecule has 7 nitrogen and oxygen atoms in total. The average molecular weight is 265 g/mol. The lowest BCUT2D eigenvalue weighted by atomic mass is 10.1. The van der Waals surface area contributed by atoms with E-state index in [1.54, 1.807) is 6.07 Å². The molecule has 102 valence electrons. The number of nitro benzene ring substituents is 1. The summed E-state index contributed by atoms with van der Waals surface area (Å²) in [5.74, 6) is -1.28. The van der Waals surface area contributed by atoms with Gasteiger partial charge >= 0.3 is 5.97 Å². The molecule has 2 rings (SSSR count). The molecule has 0 spiro atoms. The molecule has 0 aliphatic carbocycles. The topological polar surface area (TPSA) is 95.7 Å². The second-order valence-corrected chi connectivity index (χ2v) is 4.35. The van der Waals surface area contributed by atoms with E-state index in [1.807, 2.05) is 4.90 Å². The molecule has 0 bridgehead atoms. The number of hydrogen-bond acceptors (Lipinski definition) is 5. The Morgan fingerprint density at radius 2 is 2.16 bits per heavy atom. The molecule has 1 aliphatic heterocycles. The first-order valence-electron chi connectivity index (χ1n) is 6.07. The first kappa shape index (κ1) is 13.3. The summed E-state index contributed by atoms with van der Waals surface area (Å²) in [5, 5.41) is 23.1. The van der Waals surface area contributed by atoms with E-state index in [0.29, 0.717) is 5.69 Å². The van der Waals surface area contributed by atoms with Crippen molar-refractivity contribution in [2.45, 2.75) is 6.42 Å². The maximum absolute atomic E-state index is 10.9. The van der Waals surface area contributed by atoms with E-state index >= 15 is 0 Å². The molecule has 0 radical (unpaired) electrons. The molecule has 1 heterocycles. The number of benzene rings is 1.